The van der Waals surface area contributed by atoms with Gasteiger partial charge >= 0.3 is 6.36 Å². The van der Waals surface area contributed by atoms with Gasteiger partial charge in [0.2, 0.25) is 0 Å². The Hall–Kier alpha value is -1.98. The van der Waals surface area contributed by atoms with E-state index in [0.717, 1.165) is 12.4 Å². The van der Waals surface area contributed by atoms with Gasteiger partial charge in [0.15, 0.2) is 5.96 Å². The van der Waals surface area contributed by atoms with E-state index in [1.54, 1.807) is 6.20 Å². The van der Waals surface area contributed by atoms with Crippen LogP contribution in [0.2, 0.25) is 0 Å². The lowest BCUT2D eigenvalue weighted by Crippen LogP contribution is -2.23. The van der Waals surface area contributed by atoms with Gasteiger partial charge in [0.25, 0.3) is 0 Å². The van der Waals surface area contributed by atoms with Crippen molar-refractivity contribution in [3.05, 3.63) is 42.5 Å². The van der Waals surface area contributed by atoms with Gasteiger partial charge in [0, 0.05) is 24.6 Å². The molecular formula is C16H21F3IN5O. The zero-order chi connectivity index (χ0) is 18.4. The molecule has 0 aliphatic heterocycles. The van der Waals surface area contributed by atoms with Crippen LogP contribution in [0.25, 0.3) is 0 Å². The number of aromatic nitrogens is 2. The fraction of sp³-hybridized carbons (Fsp3) is 0.375. The summed E-state index contributed by atoms with van der Waals surface area (Å²) in [5.41, 5.74) is 6.31. The minimum atomic E-state index is -4.71. The second-order valence-electron chi connectivity index (χ2n) is 5.79. The molecule has 0 atom stereocenters. The maximum atomic E-state index is 12.1. The number of nitrogens with zero attached hydrogens (tertiary/aromatic N) is 3. The highest BCUT2D eigenvalue weighted by molar-refractivity contribution is 14.0. The van der Waals surface area contributed by atoms with Crippen LogP contribution in [0.4, 0.5) is 18.9 Å². The number of imidazole rings is 1. The first-order chi connectivity index (χ1) is 11.7. The predicted octanol–water partition coefficient (Wildman–Crippen LogP) is 3.98. The molecule has 1 aromatic carbocycles. The number of nitrogens with two attached hydrogens (primary N) is 1. The molecule has 1 aromatic heterocycles. The normalized spacial score (nSPS) is 12.0. The average Bonchev–Trinajstić information content (AvgIpc) is 2.92. The lowest BCUT2D eigenvalue weighted by Gasteiger charge is -2.11. The van der Waals surface area contributed by atoms with Crippen molar-refractivity contribution in [1.29, 1.82) is 0 Å². The molecule has 2 aromatic rings. The van der Waals surface area contributed by atoms with E-state index in [2.05, 4.69) is 33.9 Å². The molecule has 2 rings (SSSR count). The van der Waals surface area contributed by atoms with E-state index in [9.17, 15) is 13.2 Å². The molecule has 144 valence electrons. The quantitative estimate of drug-likeness (QED) is 0.370. The Morgan fingerprint density at radius 2 is 1.96 bits per heavy atom. The molecule has 6 nitrogen and oxygen atoms in total. The predicted molar refractivity (Wildman–Crippen MR) is 105 cm³/mol. The number of anilines is 1. The van der Waals surface area contributed by atoms with Crippen LogP contribution in [-0.4, -0.2) is 21.9 Å². The van der Waals surface area contributed by atoms with Crippen molar-refractivity contribution in [2.75, 3.05) is 5.32 Å². The van der Waals surface area contributed by atoms with Crippen molar-refractivity contribution in [3.8, 4) is 5.75 Å². The van der Waals surface area contributed by atoms with Gasteiger partial charge in [-0.1, -0.05) is 13.8 Å². The van der Waals surface area contributed by atoms with Gasteiger partial charge in [0.1, 0.15) is 18.1 Å². The maximum absolute atomic E-state index is 12.1. The third-order valence-corrected chi connectivity index (χ3v) is 3.11. The van der Waals surface area contributed by atoms with Gasteiger partial charge in [-0.05, 0) is 30.2 Å². The first kappa shape index (κ1) is 22.1. The number of nitrogens with one attached hydrogen (secondary N) is 1. The Labute approximate surface area is 166 Å². The number of aliphatic imine (C=N–C) groups is 1. The molecule has 0 amide bonds. The summed E-state index contributed by atoms with van der Waals surface area (Å²) in [6.07, 6.45) is -1.13. The van der Waals surface area contributed by atoms with E-state index < -0.39 is 6.36 Å². The second kappa shape index (κ2) is 9.64. The zero-order valence-electron chi connectivity index (χ0n) is 14.3. The summed E-state index contributed by atoms with van der Waals surface area (Å²) < 4.78 is 42.1. The summed E-state index contributed by atoms with van der Waals surface area (Å²) >= 11 is 0. The lowest BCUT2D eigenvalue weighted by atomic mass is 10.2. The number of ether oxygens (including phenoxy) is 1. The summed E-state index contributed by atoms with van der Waals surface area (Å²) in [5.74, 6) is 1.10. The summed E-state index contributed by atoms with van der Waals surface area (Å²) in [4.78, 5) is 8.44. The van der Waals surface area contributed by atoms with Crippen LogP contribution in [0.3, 0.4) is 0 Å². The molecule has 0 saturated heterocycles. The van der Waals surface area contributed by atoms with Gasteiger partial charge in [0.05, 0.1) is 0 Å². The van der Waals surface area contributed by atoms with Gasteiger partial charge in [-0.15, -0.1) is 37.1 Å². The van der Waals surface area contributed by atoms with E-state index in [4.69, 9.17) is 5.73 Å². The van der Waals surface area contributed by atoms with Crippen LogP contribution in [0.15, 0.2) is 41.7 Å². The first-order valence-corrected chi connectivity index (χ1v) is 7.65. The number of benzene rings is 1. The highest BCUT2D eigenvalue weighted by Crippen LogP contribution is 2.23. The highest BCUT2D eigenvalue weighted by atomic mass is 127. The summed E-state index contributed by atoms with van der Waals surface area (Å²) in [7, 11) is 0. The molecule has 1 heterocycles. The number of guanidine groups is 1. The monoisotopic (exact) mass is 483 g/mol. The molecular weight excluding hydrogens is 462 g/mol. The number of halogens is 4. The van der Waals surface area contributed by atoms with Crippen molar-refractivity contribution in [2.45, 2.75) is 33.3 Å². The molecule has 0 aliphatic carbocycles. The molecule has 26 heavy (non-hydrogen) atoms. The molecule has 0 aliphatic rings. The molecule has 0 bridgehead atoms. The Balaban J connectivity index is 0.00000338. The third kappa shape index (κ3) is 7.50. The molecule has 10 heteroatoms. The number of hydrogen-bond acceptors (Lipinski definition) is 3. The summed E-state index contributed by atoms with van der Waals surface area (Å²) in [5, 5.41) is 2.81. The van der Waals surface area contributed by atoms with Crippen molar-refractivity contribution in [3.63, 3.8) is 0 Å². The van der Waals surface area contributed by atoms with Gasteiger partial charge in [-0.2, -0.15) is 0 Å². The SMILES string of the molecule is CC(C)Cn1ccnc1CN=C(N)Nc1ccc(OC(F)(F)F)cc1.I. The Kier molecular flexibility index (Phi) is 8.18. The zero-order valence-corrected chi connectivity index (χ0v) is 16.7. The summed E-state index contributed by atoms with van der Waals surface area (Å²) in [6.45, 7) is 5.34. The average molecular weight is 483 g/mol. The van der Waals surface area contributed by atoms with Gasteiger partial charge < -0.3 is 20.4 Å². The van der Waals surface area contributed by atoms with Crippen LogP contribution in [0.1, 0.15) is 19.7 Å². The molecule has 0 radical (unpaired) electrons. The third-order valence-electron chi connectivity index (χ3n) is 3.11. The van der Waals surface area contributed by atoms with E-state index in [1.807, 2.05) is 10.8 Å². The van der Waals surface area contributed by atoms with Gasteiger partial charge in [-0.25, -0.2) is 9.98 Å². The van der Waals surface area contributed by atoms with Crippen molar-refractivity contribution in [2.24, 2.45) is 16.6 Å². The first-order valence-electron chi connectivity index (χ1n) is 7.65. The van der Waals surface area contributed by atoms with Crippen LogP contribution in [0, 0.1) is 5.92 Å². The van der Waals surface area contributed by atoms with Gasteiger partial charge in [-0.3, -0.25) is 0 Å². The minimum Gasteiger partial charge on any atom is -0.406 e. The van der Waals surface area contributed by atoms with E-state index in [0.29, 0.717) is 18.2 Å². The largest absolute Gasteiger partial charge is 0.573 e. The minimum absolute atomic E-state index is 0. The van der Waals surface area contributed by atoms with E-state index in [-0.39, 0.29) is 35.7 Å². The Morgan fingerprint density at radius 3 is 2.54 bits per heavy atom. The standard InChI is InChI=1S/C16H20F3N5O.HI/c1-11(2)10-24-8-7-21-14(24)9-22-15(20)23-12-3-5-13(6-4-12)25-16(17,18)19;/h3-8,11H,9-10H2,1-2H3,(H3,20,22,23);1H. The molecule has 0 spiro atoms. The highest BCUT2D eigenvalue weighted by Gasteiger charge is 2.30. The Bertz CT molecular complexity index is 713. The number of alkyl halides is 3. The number of hydrogen-bond donors (Lipinski definition) is 2. The van der Waals surface area contributed by atoms with E-state index in [1.165, 1.54) is 24.3 Å². The van der Waals surface area contributed by atoms with Crippen molar-refractivity contribution >= 4 is 35.6 Å². The molecule has 3 N–H and O–H groups in total. The second-order valence-corrected chi connectivity index (χ2v) is 5.79. The van der Waals surface area contributed by atoms with Crippen molar-refractivity contribution < 1.29 is 17.9 Å². The smallest absolute Gasteiger partial charge is 0.406 e. The summed E-state index contributed by atoms with van der Waals surface area (Å²) in [6, 6.07) is 5.23. The van der Waals surface area contributed by atoms with Crippen LogP contribution in [-0.2, 0) is 13.1 Å². The van der Waals surface area contributed by atoms with Crippen LogP contribution < -0.4 is 15.8 Å². The van der Waals surface area contributed by atoms with Crippen molar-refractivity contribution in [1.82, 2.24) is 9.55 Å². The maximum Gasteiger partial charge on any atom is 0.573 e. The van der Waals surface area contributed by atoms with E-state index >= 15 is 0 Å². The van der Waals surface area contributed by atoms with Crippen LogP contribution >= 0.6 is 24.0 Å². The van der Waals surface area contributed by atoms with Crippen LogP contribution in [0.5, 0.6) is 5.75 Å². The fourth-order valence-corrected chi connectivity index (χ4v) is 2.13. The molecule has 0 saturated carbocycles. The topological polar surface area (TPSA) is 77.5 Å². The Morgan fingerprint density at radius 1 is 1.31 bits per heavy atom. The number of rotatable bonds is 6. The molecule has 0 fully saturated rings. The fourth-order valence-electron chi connectivity index (χ4n) is 2.13. The lowest BCUT2D eigenvalue weighted by molar-refractivity contribution is -0.274. The molecule has 0 unspecified atom stereocenters.